The molecule has 0 radical (unpaired) electrons. The van der Waals surface area contributed by atoms with Gasteiger partial charge in [-0.2, -0.15) is 0 Å². The highest BCUT2D eigenvalue weighted by molar-refractivity contribution is 8.92. The molecule has 0 saturated carbocycles. The summed E-state index contributed by atoms with van der Waals surface area (Å²) in [5.74, 6) is 0. The molecule has 4 aromatic heterocycles. The molecule has 4 aromatic rings. The van der Waals surface area contributed by atoms with Crippen molar-refractivity contribution in [1.82, 2.24) is 0 Å². The molecular weight excluding hydrogens is 833 g/mol. The lowest BCUT2D eigenvalue weighted by atomic mass is 10.3. The monoisotopic (exact) mass is 877 g/mol. The van der Waals surface area contributed by atoms with E-state index >= 15 is 0 Å². The van der Waals surface area contributed by atoms with Gasteiger partial charge in [0.2, 0.25) is 0 Å². The van der Waals surface area contributed by atoms with E-state index in [0.717, 1.165) is 30.1 Å². The van der Waals surface area contributed by atoms with Crippen molar-refractivity contribution in [1.29, 1.82) is 0 Å². The smallest absolute Gasteiger partial charge is 0.316 e. The molecule has 19 heteroatoms. The van der Waals surface area contributed by atoms with E-state index in [1.807, 2.05) is 13.0 Å². The molecule has 46 heavy (non-hydrogen) atoms. The summed E-state index contributed by atoms with van der Waals surface area (Å²) in [5.41, 5.74) is 0.786. The molecule has 1 aliphatic rings. The van der Waals surface area contributed by atoms with Crippen LogP contribution in [0.3, 0.4) is 0 Å². The fourth-order valence-electron chi connectivity index (χ4n) is 5.07. The number of hydrogen-bond donors (Lipinski definition) is 0. The number of nitrogens with zero attached hydrogens (tertiary/aromatic N) is 1. The van der Waals surface area contributed by atoms with Gasteiger partial charge in [0.15, 0.2) is 16.6 Å². The summed E-state index contributed by atoms with van der Waals surface area (Å²) < 4.78 is 43.3. The minimum absolute atomic E-state index is 0.165. The molecule has 0 fully saturated rings. The summed E-state index contributed by atoms with van der Waals surface area (Å²) in [4.78, 5) is 9.41. The standard InChI is InChI=1S/C27H37NO4S5Si3.H8P6/c1-18-10-11-21(33-18)22-12-13-23(35-22)24-17-20-26(36-24)27-25(16-19(2)34-27)37(29,30)28(20)14-15-40(9,31-38(3,4)5)32-39(6,7)8;1-5(2)6(3)4/h10-13,16-17H,14-15H2,1-9H3;1-4H2. The summed E-state index contributed by atoms with van der Waals surface area (Å²) in [6.07, 6.45) is 0. The summed E-state index contributed by atoms with van der Waals surface area (Å²) in [6.45, 7) is 20.0. The van der Waals surface area contributed by atoms with E-state index < -0.39 is 35.2 Å². The van der Waals surface area contributed by atoms with Crippen molar-refractivity contribution in [2.45, 2.75) is 70.6 Å². The van der Waals surface area contributed by atoms with E-state index in [1.165, 1.54) is 14.6 Å². The van der Waals surface area contributed by atoms with Gasteiger partial charge in [0.1, 0.15) is 4.90 Å². The van der Waals surface area contributed by atoms with Crippen LogP contribution in [0, 0.1) is 13.8 Å². The van der Waals surface area contributed by atoms with E-state index in [4.69, 9.17) is 8.23 Å². The Morgan fingerprint density at radius 1 is 0.696 bits per heavy atom. The highest BCUT2D eigenvalue weighted by Crippen LogP contribution is 2.86. The van der Waals surface area contributed by atoms with Crippen molar-refractivity contribution < 1.29 is 16.6 Å². The fraction of sp³-hybridized carbons (Fsp3) is 0.407. The maximum Gasteiger partial charge on any atom is 0.316 e. The van der Waals surface area contributed by atoms with Gasteiger partial charge in [0.05, 0.1) is 15.4 Å². The normalized spacial score (nSPS) is 14.8. The van der Waals surface area contributed by atoms with Gasteiger partial charge >= 0.3 is 8.56 Å². The molecule has 0 aliphatic carbocycles. The van der Waals surface area contributed by atoms with E-state index in [1.54, 1.807) is 49.7 Å². The maximum absolute atomic E-state index is 14.1. The van der Waals surface area contributed by atoms with Crippen molar-refractivity contribution in [2.24, 2.45) is 0 Å². The predicted octanol–water partition coefficient (Wildman–Crippen LogP) is 12.9. The molecule has 5 heterocycles. The zero-order valence-electron chi connectivity index (χ0n) is 27.7. The Labute approximate surface area is 306 Å². The number of anilines is 1. The average Bonchev–Trinajstić information content (AvgIpc) is 3.67. The Morgan fingerprint density at radius 2 is 1.22 bits per heavy atom. The molecule has 4 unspecified atom stereocenters. The summed E-state index contributed by atoms with van der Waals surface area (Å²) in [7, 11) is 0.999. The van der Waals surface area contributed by atoms with E-state index in [2.05, 4.69) is 119 Å². The van der Waals surface area contributed by atoms with Crippen molar-refractivity contribution >= 4 is 136 Å². The van der Waals surface area contributed by atoms with Crippen LogP contribution < -0.4 is 4.31 Å². The van der Waals surface area contributed by atoms with Crippen molar-refractivity contribution in [3.63, 3.8) is 0 Å². The van der Waals surface area contributed by atoms with Crippen molar-refractivity contribution in [3.8, 4) is 29.3 Å². The molecule has 0 aromatic carbocycles. The Kier molecular flexibility index (Phi) is 13.9. The SMILES string of the molecule is Cc1ccc(-c2ccc(-c3cc4c(s3)-c3sc(C)cc3S(=O)(=O)N4CC[Si](C)(O[Si](C)(C)C)O[Si](C)(C)C)s2)s1.PP(P)P(P)P. The second kappa shape index (κ2) is 15.7. The molecule has 0 bridgehead atoms. The number of hydrogen-bond acceptors (Lipinski definition) is 8. The third kappa shape index (κ3) is 10.4. The highest BCUT2D eigenvalue weighted by Gasteiger charge is 2.44. The lowest BCUT2D eigenvalue weighted by Gasteiger charge is -2.40. The fourth-order valence-corrected chi connectivity index (χ4v) is 24.1. The highest BCUT2D eigenvalue weighted by atomic mass is 33.0. The quantitative estimate of drug-likeness (QED) is 0.118. The van der Waals surface area contributed by atoms with Gasteiger partial charge in [-0.25, -0.2) is 8.42 Å². The number of sulfonamides is 1. The first-order valence-corrected chi connectivity index (χ1v) is 38.4. The molecule has 5 rings (SSSR count). The molecular formula is C27H45NO4P6S5Si3. The minimum atomic E-state index is -3.70. The van der Waals surface area contributed by atoms with E-state index in [9.17, 15) is 8.42 Å². The Hall–Kier alpha value is 1.70. The Morgan fingerprint density at radius 3 is 1.72 bits per heavy atom. The average molecular weight is 878 g/mol. The second-order valence-electron chi connectivity index (χ2n) is 13.1. The van der Waals surface area contributed by atoms with Crippen LogP contribution in [0.5, 0.6) is 0 Å². The van der Waals surface area contributed by atoms with Crippen molar-refractivity contribution in [3.05, 3.63) is 46.2 Å². The van der Waals surface area contributed by atoms with Gasteiger partial charge in [0, 0.05) is 41.9 Å². The topological polar surface area (TPSA) is 55.8 Å². The largest absolute Gasteiger partial charge is 0.437 e. The molecule has 0 spiro atoms. The maximum atomic E-state index is 14.1. The van der Waals surface area contributed by atoms with Crippen LogP contribution in [0.1, 0.15) is 9.75 Å². The molecule has 254 valence electrons. The van der Waals surface area contributed by atoms with Gasteiger partial charge in [-0.1, -0.05) is 0 Å². The van der Waals surface area contributed by atoms with Crippen LogP contribution in [-0.4, -0.2) is 40.2 Å². The molecule has 0 amide bonds. The van der Waals surface area contributed by atoms with Crippen LogP contribution in [0.15, 0.2) is 41.3 Å². The van der Waals surface area contributed by atoms with Gasteiger partial charge in [-0.15, -0.1) is 81.1 Å². The first-order chi connectivity index (χ1) is 21.1. The van der Waals surface area contributed by atoms with E-state index in [0.29, 0.717) is 17.5 Å². The summed E-state index contributed by atoms with van der Waals surface area (Å²) >= 11 is 6.83. The Balaban J connectivity index is 0.000000731. The summed E-state index contributed by atoms with van der Waals surface area (Å²) in [5, 5.41) is 0. The second-order valence-corrected chi connectivity index (χ2v) is 52.2. The predicted molar refractivity (Wildman–Crippen MR) is 236 cm³/mol. The number of fused-ring (bicyclic) bond motifs is 3. The molecule has 5 nitrogen and oxygen atoms in total. The van der Waals surface area contributed by atoms with E-state index in [-0.39, 0.29) is 14.0 Å². The zero-order chi connectivity index (χ0) is 34.4. The van der Waals surface area contributed by atoms with Crippen LogP contribution >= 0.6 is 95.0 Å². The molecule has 0 saturated heterocycles. The van der Waals surface area contributed by atoms with Crippen LogP contribution in [0.4, 0.5) is 5.69 Å². The minimum Gasteiger partial charge on any atom is -0.437 e. The third-order valence-corrected chi connectivity index (χ3v) is 44.1. The first-order valence-electron chi connectivity index (χ1n) is 14.5. The van der Waals surface area contributed by atoms with Crippen LogP contribution in [-0.2, 0) is 18.3 Å². The first kappa shape index (κ1) is 40.5. The molecule has 0 N–H and O–H groups in total. The van der Waals surface area contributed by atoms with Gasteiger partial charge in [-0.05, 0) is 110 Å². The molecule has 4 atom stereocenters. The van der Waals surface area contributed by atoms with Gasteiger partial charge < -0.3 is 8.23 Å². The lowest BCUT2D eigenvalue weighted by Crippen LogP contribution is -2.54. The molecule has 1 aliphatic heterocycles. The number of rotatable bonds is 10. The Bertz CT molecular complexity index is 1750. The third-order valence-electron chi connectivity index (χ3n) is 6.49. The number of thiophene rings is 4. The van der Waals surface area contributed by atoms with Crippen LogP contribution in [0.25, 0.3) is 29.3 Å². The van der Waals surface area contributed by atoms with Crippen LogP contribution in [0.2, 0.25) is 51.9 Å². The van der Waals surface area contributed by atoms with Crippen molar-refractivity contribution in [2.75, 3.05) is 10.8 Å². The zero-order valence-corrected chi connectivity index (χ0v) is 41.2. The number of aryl methyl sites for hydroxylation is 2. The van der Waals surface area contributed by atoms with Gasteiger partial charge in [-0.3, -0.25) is 4.31 Å². The van der Waals surface area contributed by atoms with Gasteiger partial charge in [0.25, 0.3) is 10.0 Å². The summed E-state index contributed by atoms with van der Waals surface area (Å²) in [6, 6.07) is 13.2. The lowest BCUT2D eigenvalue weighted by molar-refractivity contribution is 0.384.